The maximum absolute atomic E-state index is 13.8. The predicted molar refractivity (Wildman–Crippen MR) is 280 cm³/mol. The summed E-state index contributed by atoms with van der Waals surface area (Å²) in [6.07, 6.45) is 5.95. The quantitative estimate of drug-likeness (QED) is 0.0362. The number of aromatic nitrogens is 2. The maximum atomic E-state index is 13.8. The Labute approximate surface area is 444 Å². The number of carbonyl (C=O) groups excluding carboxylic acids is 6. The third-order valence-electron chi connectivity index (χ3n) is 13.6. The Morgan fingerprint density at radius 2 is 1.54 bits per heavy atom. The van der Waals surface area contributed by atoms with Crippen molar-refractivity contribution >= 4 is 80.8 Å². The van der Waals surface area contributed by atoms with Crippen molar-refractivity contribution in [3.63, 3.8) is 0 Å². The van der Waals surface area contributed by atoms with E-state index in [1.165, 1.54) is 24.5 Å². The number of imide groups is 2. The number of carbonyl (C=O) groups is 6. The Bertz CT molecular complexity index is 2740. The van der Waals surface area contributed by atoms with Crippen LogP contribution in [-0.2, 0) is 38.1 Å². The molecule has 406 valence electrons. The number of hydrogen-bond donors (Lipinski definition) is 4. The van der Waals surface area contributed by atoms with Crippen molar-refractivity contribution in [2.45, 2.75) is 50.6 Å². The van der Waals surface area contributed by atoms with Crippen LogP contribution in [0.15, 0.2) is 67.5 Å². The molecule has 3 saturated heterocycles. The first-order chi connectivity index (χ1) is 37.0. The molecule has 0 saturated carbocycles. The molecule has 23 heteroatoms. The molecule has 0 spiro atoms. The zero-order valence-corrected chi connectivity index (χ0v) is 43.1. The Morgan fingerprint density at radius 3 is 2.25 bits per heavy atom. The second-order valence-electron chi connectivity index (χ2n) is 18.5. The highest BCUT2D eigenvalue weighted by Crippen LogP contribution is 2.35. The van der Waals surface area contributed by atoms with Crippen molar-refractivity contribution in [1.82, 2.24) is 34.9 Å². The predicted octanol–water partition coefficient (Wildman–Crippen LogP) is 4.64. The number of piperazine rings is 1. The lowest BCUT2D eigenvalue weighted by molar-refractivity contribution is -0.136. The monoisotopic (exact) mass is 1070 g/mol. The molecule has 8 rings (SSSR count). The van der Waals surface area contributed by atoms with Crippen LogP contribution in [0.1, 0.15) is 59.2 Å². The number of amides is 6. The van der Waals surface area contributed by atoms with E-state index in [2.05, 4.69) is 47.6 Å². The first-order valence-corrected chi connectivity index (χ1v) is 26.1. The van der Waals surface area contributed by atoms with Gasteiger partial charge in [-0.05, 0) is 81.2 Å². The van der Waals surface area contributed by atoms with Crippen LogP contribution in [0, 0.1) is 5.82 Å². The first-order valence-electron chi connectivity index (χ1n) is 25.7. The number of nitrogens with zero attached hydrogens (tertiary/aromatic N) is 6. The van der Waals surface area contributed by atoms with Gasteiger partial charge in [0, 0.05) is 74.6 Å². The Balaban J connectivity index is 0.626. The minimum Gasteiger partial charge on any atom is -0.491 e. The molecular weight excluding hydrogens is 1010 g/mol. The SMILES string of the molecule is C=CC(=O)Nc1cc2c(Nc3ccc(F)c(Cl)c3)ncnc2cc1OCCCN1CCC(N2CCN(C(=O)CCOCCOCCOCCOCCNc3cccc4c3C(=O)N(C3CCC(=O)NC3=O)C4=O)CC2)CC1. The number of halogens is 2. The summed E-state index contributed by atoms with van der Waals surface area (Å²) >= 11 is 5.99. The van der Waals surface area contributed by atoms with Crippen molar-refractivity contribution in [3.8, 4) is 5.75 Å². The number of benzene rings is 3. The van der Waals surface area contributed by atoms with Crippen molar-refractivity contribution in [3.05, 3.63) is 89.5 Å². The molecule has 21 nitrogen and oxygen atoms in total. The standard InChI is InChI=1S/C53H64ClFN10O11/c1-2-46(66)60-43-32-38-42(57-34-58-50(38)59-35-7-8-40(55)39(54)31-35)33-45(43)76-22-4-15-62-16-11-36(12-17-62)63-18-20-64(21-19-63)48(68)13-23-72-25-27-74-29-30-75-28-26-73-24-14-56-41-6-3-5-37-49(41)53(71)65(52(37)70)44-9-10-47(67)61-51(44)69/h2-3,5-8,31-34,36,44,56H,1,4,9-30H2,(H,60,66)(H,57,58,59)(H,61,67,69). The minimum absolute atomic E-state index is 0.0269. The summed E-state index contributed by atoms with van der Waals surface area (Å²) in [7, 11) is 0. The fourth-order valence-electron chi connectivity index (χ4n) is 9.61. The van der Waals surface area contributed by atoms with E-state index in [0.717, 1.165) is 56.9 Å². The fourth-order valence-corrected chi connectivity index (χ4v) is 9.79. The highest BCUT2D eigenvalue weighted by molar-refractivity contribution is 6.31. The molecule has 0 aliphatic carbocycles. The van der Waals surface area contributed by atoms with Gasteiger partial charge in [-0.1, -0.05) is 24.2 Å². The van der Waals surface area contributed by atoms with Gasteiger partial charge >= 0.3 is 0 Å². The average molecular weight is 1070 g/mol. The smallest absolute Gasteiger partial charge is 0.264 e. The minimum atomic E-state index is -1.03. The third kappa shape index (κ3) is 14.6. The lowest BCUT2D eigenvalue weighted by atomic mass is 10.0. The first kappa shape index (κ1) is 55.6. The van der Waals surface area contributed by atoms with Crippen LogP contribution in [0.2, 0.25) is 5.02 Å². The van der Waals surface area contributed by atoms with Crippen molar-refractivity contribution in [2.24, 2.45) is 0 Å². The van der Waals surface area contributed by atoms with Crippen LogP contribution < -0.4 is 26.0 Å². The van der Waals surface area contributed by atoms with E-state index in [4.69, 9.17) is 35.3 Å². The second kappa shape index (κ2) is 27.4. The zero-order chi connectivity index (χ0) is 53.4. The van der Waals surface area contributed by atoms with E-state index in [0.29, 0.717) is 131 Å². The molecule has 3 aromatic carbocycles. The number of ether oxygens (including phenoxy) is 5. The van der Waals surface area contributed by atoms with Crippen LogP contribution >= 0.6 is 11.6 Å². The van der Waals surface area contributed by atoms with E-state index < -0.39 is 41.4 Å². The molecule has 1 unspecified atom stereocenters. The second-order valence-corrected chi connectivity index (χ2v) is 18.9. The fraction of sp³-hybridized carbons (Fsp3) is 0.472. The number of rotatable bonds is 27. The summed E-state index contributed by atoms with van der Waals surface area (Å²) in [6, 6.07) is 12.1. The number of likely N-dealkylation sites (tertiary alicyclic amines) is 1. The molecule has 76 heavy (non-hydrogen) atoms. The van der Waals surface area contributed by atoms with Gasteiger partial charge in [0.05, 0.1) is 93.2 Å². The van der Waals surface area contributed by atoms with Crippen LogP contribution in [0.25, 0.3) is 10.9 Å². The molecule has 3 fully saturated rings. The van der Waals surface area contributed by atoms with Gasteiger partial charge in [-0.25, -0.2) is 14.4 Å². The van der Waals surface area contributed by atoms with E-state index in [1.807, 2.05) is 4.90 Å². The van der Waals surface area contributed by atoms with Gasteiger partial charge in [0.15, 0.2) is 0 Å². The van der Waals surface area contributed by atoms with Gasteiger partial charge in [0.1, 0.15) is 29.8 Å². The molecule has 4 N–H and O–H groups in total. The Morgan fingerprint density at radius 1 is 0.816 bits per heavy atom. The highest BCUT2D eigenvalue weighted by atomic mass is 35.5. The summed E-state index contributed by atoms with van der Waals surface area (Å²) in [4.78, 5) is 92.2. The molecule has 0 radical (unpaired) electrons. The van der Waals surface area contributed by atoms with Crippen molar-refractivity contribution < 1.29 is 56.8 Å². The lowest BCUT2D eigenvalue weighted by Crippen LogP contribution is -2.54. The molecule has 1 atom stereocenters. The third-order valence-corrected chi connectivity index (χ3v) is 13.9. The van der Waals surface area contributed by atoms with Gasteiger partial charge in [-0.15, -0.1) is 0 Å². The van der Waals surface area contributed by atoms with Crippen LogP contribution in [0.3, 0.4) is 0 Å². The van der Waals surface area contributed by atoms with Crippen LogP contribution in [0.5, 0.6) is 5.75 Å². The number of fused-ring (bicyclic) bond motifs is 2. The lowest BCUT2D eigenvalue weighted by Gasteiger charge is -2.42. The Hall–Kier alpha value is -6.66. The number of nitrogens with one attached hydrogen (secondary N) is 4. The Kier molecular flexibility index (Phi) is 20.0. The van der Waals surface area contributed by atoms with Gasteiger partial charge in [-0.2, -0.15) is 0 Å². The molecule has 4 aliphatic heterocycles. The topological polar surface area (TPSA) is 235 Å². The molecule has 4 aliphatic rings. The van der Waals surface area contributed by atoms with E-state index in [-0.39, 0.29) is 34.9 Å². The normalized spacial score (nSPS) is 17.5. The summed E-state index contributed by atoms with van der Waals surface area (Å²) in [6.45, 7) is 13.2. The van der Waals surface area contributed by atoms with Gasteiger partial charge in [0.2, 0.25) is 23.6 Å². The molecule has 4 aromatic rings. The molecule has 1 aromatic heterocycles. The van der Waals surface area contributed by atoms with Crippen molar-refractivity contribution in [1.29, 1.82) is 0 Å². The van der Waals surface area contributed by atoms with Crippen LogP contribution in [-0.4, -0.2) is 189 Å². The van der Waals surface area contributed by atoms with Crippen LogP contribution in [0.4, 0.5) is 27.3 Å². The van der Waals surface area contributed by atoms with E-state index >= 15 is 0 Å². The van der Waals surface area contributed by atoms with Gasteiger partial charge in [0.25, 0.3) is 11.8 Å². The highest BCUT2D eigenvalue weighted by Gasteiger charge is 2.45. The molecular formula is C53H64ClFN10O11. The molecule has 5 heterocycles. The molecule has 6 amide bonds. The van der Waals surface area contributed by atoms with Crippen molar-refractivity contribution in [2.75, 3.05) is 128 Å². The van der Waals surface area contributed by atoms with E-state index in [1.54, 1.807) is 36.4 Å². The number of hydrogen-bond acceptors (Lipinski definition) is 17. The maximum Gasteiger partial charge on any atom is 0.264 e. The van der Waals surface area contributed by atoms with Gasteiger partial charge < -0.3 is 49.4 Å². The zero-order valence-electron chi connectivity index (χ0n) is 42.3. The summed E-state index contributed by atoms with van der Waals surface area (Å²) in [5, 5.41) is 11.9. The summed E-state index contributed by atoms with van der Waals surface area (Å²) in [5.41, 5.74) is 2.43. The average Bonchev–Trinajstić information content (AvgIpc) is 3.73. The largest absolute Gasteiger partial charge is 0.491 e. The summed E-state index contributed by atoms with van der Waals surface area (Å²) in [5.74, 6) is -2.13. The van der Waals surface area contributed by atoms with E-state index in [9.17, 15) is 33.2 Å². The number of anilines is 4. The summed E-state index contributed by atoms with van der Waals surface area (Å²) < 4.78 is 42.5. The molecule has 0 bridgehead atoms. The van der Waals surface area contributed by atoms with Gasteiger partial charge in [-0.3, -0.25) is 43.9 Å². The number of piperidine rings is 2.